The van der Waals surface area contributed by atoms with Crippen LogP contribution in [0.25, 0.3) is 28.5 Å². The van der Waals surface area contributed by atoms with Crippen molar-refractivity contribution in [3.8, 4) is 22.4 Å². The summed E-state index contributed by atoms with van der Waals surface area (Å²) >= 11 is 0. The molecular weight excluding hydrogens is 713 g/mol. The second kappa shape index (κ2) is 17.3. The highest BCUT2D eigenvalue weighted by atomic mass is 31.2. The Kier molecular flexibility index (Phi) is 13.1. The van der Waals surface area contributed by atoms with Crippen LogP contribution in [0.5, 0.6) is 0 Å². The summed E-state index contributed by atoms with van der Waals surface area (Å²) in [6.45, 7) is 12.5. The van der Waals surface area contributed by atoms with Gasteiger partial charge in [0.15, 0.2) is 0 Å². The molecule has 54 heavy (non-hydrogen) atoms. The lowest BCUT2D eigenvalue weighted by atomic mass is 9.87. The first kappa shape index (κ1) is 40.7. The Labute approximate surface area is 320 Å². The number of aromatic nitrogens is 1. The highest BCUT2D eigenvalue weighted by molar-refractivity contribution is 7.62. The van der Waals surface area contributed by atoms with E-state index in [2.05, 4.69) is 41.5 Å². The lowest BCUT2D eigenvalue weighted by Gasteiger charge is -2.45. The zero-order chi connectivity index (χ0) is 39.1. The number of benzene rings is 4. The molecule has 1 heterocycles. The summed E-state index contributed by atoms with van der Waals surface area (Å²) in [5.41, 5.74) is 6.01. The molecule has 5 aromatic rings. The highest BCUT2D eigenvalue weighted by Crippen LogP contribution is 2.51. The molecule has 0 aliphatic heterocycles. The van der Waals surface area contributed by atoms with Gasteiger partial charge in [-0.05, 0) is 62.6 Å². The Morgan fingerprint density at radius 1 is 0.870 bits per heavy atom. The molecule has 282 valence electrons. The molecule has 0 saturated heterocycles. The van der Waals surface area contributed by atoms with Crippen LogP contribution in [0, 0.1) is 5.82 Å². The minimum Gasteiger partial charge on any atom is -0.481 e. The van der Waals surface area contributed by atoms with Gasteiger partial charge >= 0.3 is 5.97 Å². The van der Waals surface area contributed by atoms with Gasteiger partial charge in [0.1, 0.15) is 5.82 Å². The second-order valence-corrected chi connectivity index (χ2v) is 21.6. The largest absolute Gasteiger partial charge is 0.481 e. The number of rotatable bonds is 15. The van der Waals surface area contributed by atoms with Crippen LogP contribution in [0.15, 0.2) is 121 Å². The van der Waals surface area contributed by atoms with E-state index in [1.54, 1.807) is 24.0 Å². The number of hydrogen-bond donors (Lipinski definition) is 1. The van der Waals surface area contributed by atoms with Crippen molar-refractivity contribution in [3.63, 3.8) is 0 Å². The predicted molar refractivity (Wildman–Crippen MR) is 222 cm³/mol. The third kappa shape index (κ3) is 8.90. The van der Waals surface area contributed by atoms with E-state index in [1.165, 1.54) is 19.2 Å². The third-order valence-electron chi connectivity index (χ3n) is 9.84. The van der Waals surface area contributed by atoms with Crippen LogP contribution in [0.1, 0.15) is 70.7 Å². The van der Waals surface area contributed by atoms with E-state index in [9.17, 15) is 18.9 Å². The minimum atomic E-state index is -3.70. The van der Waals surface area contributed by atoms with E-state index >= 15 is 0 Å². The number of carboxylic acid groups (broad SMARTS) is 1. The number of carbonyl (C=O) groups is 1. The van der Waals surface area contributed by atoms with Gasteiger partial charge in [-0.1, -0.05) is 145 Å². The molecule has 0 bridgehead atoms. The summed E-state index contributed by atoms with van der Waals surface area (Å²) < 4.78 is 42.3. The molecule has 9 heteroatoms. The van der Waals surface area contributed by atoms with Crippen molar-refractivity contribution >= 4 is 38.1 Å². The van der Waals surface area contributed by atoms with Gasteiger partial charge in [0.25, 0.3) is 8.32 Å². The van der Waals surface area contributed by atoms with E-state index < -0.39 is 32.8 Å². The molecule has 0 saturated carbocycles. The third-order valence-corrected chi connectivity index (χ3v) is 17.1. The van der Waals surface area contributed by atoms with Crippen LogP contribution in [-0.2, 0) is 24.7 Å². The van der Waals surface area contributed by atoms with Crippen LogP contribution in [0.3, 0.4) is 0 Å². The first-order valence-electron chi connectivity index (χ1n) is 18.5. The number of carboxylic acids is 1. The topological polar surface area (TPSA) is 85.7 Å². The average Bonchev–Trinajstić information content (AvgIpc) is 3.16. The summed E-state index contributed by atoms with van der Waals surface area (Å²) in [6.07, 6.45) is 0.973. The predicted octanol–water partition coefficient (Wildman–Crippen LogP) is 10.6. The number of nitrogens with zero attached hydrogens (tertiary/aromatic N) is 1. The van der Waals surface area contributed by atoms with Crippen molar-refractivity contribution in [3.05, 3.63) is 144 Å². The standard InChI is InChI=1S/C45H51FNO5PSi/c1-8-39-42(33-24-26-35(46)27-25-33)40(43(32(2)3)47-44(39)34-18-12-9-13-19-34)28-29-53(50,51-7)31-36(30-41(48)49)52-54(45(4,5)6,37-20-14-10-15-21-37)38-22-16-11-17-23-38/h9-29,32,36H,8,30-31H2,1-7H3,(H,48,49)/b29-28+/t36-,53?/m0/s1. The quantitative estimate of drug-likeness (QED) is 0.0844. The fourth-order valence-corrected chi connectivity index (χ4v) is 13.7. The normalized spacial score (nSPS) is 13.9. The van der Waals surface area contributed by atoms with Gasteiger partial charge in [-0.15, -0.1) is 0 Å². The van der Waals surface area contributed by atoms with E-state index in [-0.39, 0.29) is 24.3 Å². The lowest BCUT2D eigenvalue weighted by Crippen LogP contribution is -2.68. The summed E-state index contributed by atoms with van der Waals surface area (Å²) in [4.78, 5) is 17.7. The molecular formula is C45H51FNO5PSi. The fourth-order valence-electron chi connectivity index (χ4n) is 7.34. The molecule has 4 aromatic carbocycles. The highest BCUT2D eigenvalue weighted by Gasteiger charge is 2.52. The Balaban J connectivity index is 1.67. The molecule has 5 rings (SSSR count). The van der Waals surface area contributed by atoms with Crippen molar-refractivity contribution < 1.29 is 27.8 Å². The summed E-state index contributed by atoms with van der Waals surface area (Å²) in [6, 6.07) is 36.3. The lowest BCUT2D eigenvalue weighted by molar-refractivity contribution is -0.138. The van der Waals surface area contributed by atoms with Gasteiger partial charge in [-0.2, -0.15) is 0 Å². The fraction of sp³-hybridized carbons (Fsp3) is 0.289. The van der Waals surface area contributed by atoms with Gasteiger partial charge < -0.3 is 14.1 Å². The average molecular weight is 764 g/mol. The monoisotopic (exact) mass is 763 g/mol. The van der Waals surface area contributed by atoms with Gasteiger partial charge in [-0.3, -0.25) is 14.3 Å². The Hall–Kier alpha value is -4.46. The van der Waals surface area contributed by atoms with Crippen LogP contribution in [-0.4, -0.2) is 43.8 Å². The molecule has 0 aliphatic rings. The van der Waals surface area contributed by atoms with Crippen LogP contribution >= 0.6 is 7.37 Å². The molecule has 0 aliphatic carbocycles. The first-order chi connectivity index (χ1) is 25.7. The van der Waals surface area contributed by atoms with Crippen molar-refractivity contribution in [1.29, 1.82) is 0 Å². The van der Waals surface area contributed by atoms with Crippen LogP contribution in [0.2, 0.25) is 5.04 Å². The molecule has 0 fully saturated rings. The number of halogens is 1. The van der Waals surface area contributed by atoms with E-state index in [0.717, 1.165) is 49.6 Å². The zero-order valence-corrected chi connectivity index (χ0v) is 34.1. The minimum absolute atomic E-state index is 0.0302. The van der Waals surface area contributed by atoms with Crippen molar-refractivity contribution in [1.82, 2.24) is 4.98 Å². The molecule has 1 unspecified atom stereocenters. The molecule has 0 spiro atoms. The Morgan fingerprint density at radius 3 is 1.87 bits per heavy atom. The molecule has 0 amide bonds. The Bertz CT molecular complexity index is 2060. The summed E-state index contributed by atoms with van der Waals surface area (Å²) in [5, 5.41) is 11.8. The molecule has 1 N–H and O–H groups in total. The number of hydrogen-bond acceptors (Lipinski definition) is 5. The Morgan fingerprint density at radius 2 is 1.41 bits per heavy atom. The summed E-state index contributed by atoms with van der Waals surface area (Å²) in [7, 11) is -5.52. The van der Waals surface area contributed by atoms with Crippen molar-refractivity contribution in [2.24, 2.45) is 0 Å². The summed E-state index contributed by atoms with van der Waals surface area (Å²) in [5.74, 6) is 0.147. The zero-order valence-electron chi connectivity index (χ0n) is 32.3. The molecule has 1 aromatic heterocycles. The van der Waals surface area contributed by atoms with Gasteiger partial charge in [-0.25, -0.2) is 4.39 Å². The molecule has 6 nitrogen and oxygen atoms in total. The maximum absolute atomic E-state index is 14.9. The second-order valence-electron chi connectivity index (χ2n) is 14.9. The molecule has 2 atom stereocenters. The first-order valence-corrected chi connectivity index (χ1v) is 22.2. The molecule has 0 radical (unpaired) electrons. The van der Waals surface area contributed by atoms with Crippen LogP contribution in [0.4, 0.5) is 4.39 Å². The smallest absolute Gasteiger partial charge is 0.305 e. The van der Waals surface area contributed by atoms with E-state index in [1.807, 2.05) is 91.0 Å². The maximum atomic E-state index is 14.9. The number of pyridine rings is 1. The van der Waals surface area contributed by atoms with Crippen molar-refractivity contribution in [2.75, 3.05) is 13.3 Å². The van der Waals surface area contributed by atoms with Gasteiger partial charge in [0.2, 0.25) is 7.37 Å². The maximum Gasteiger partial charge on any atom is 0.305 e. The van der Waals surface area contributed by atoms with Gasteiger partial charge in [0, 0.05) is 24.1 Å². The van der Waals surface area contributed by atoms with E-state index in [4.69, 9.17) is 13.9 Å². The van der Waals surface area contributed by atoms with Gasteiger partial charge in [0.05, 0.1) is 30.1 Å². The SMILES string of the molecule is CCc1c(-c2ccccc2)nc(C(C)C)c(/C=C/P(=O)(C[C@H](CC(=O)O)O[Si](c2ccccc2)(c2ccccc2)C(C)(C)C)OC)c1-c1ccc(F)cc1. The van der Waals surface area contributed by atoms with E-state index in [0.29, 0.717) is 6.42 Å². The number of aliphatic carboxylic acids is 1. The van der Waals surface area contributed by atoms with Crippen LogP contribution < -0.4 is 10.4 Å². The van der Waals surface area contributed by atoms with Crippen molar-refractivity contribution in [2.45, 2.75) is 71.4 Å².